The molecule has 0 aromatic heterocycles. The Morgan fingerprint density at radius 1 is 0.966 bits per heavy atom. The zero-order chi connectivity index (χ0) is 20.9. The van der Waals surface area contributed by atoms with E-state index in [0.29, 0.717) is 17.1 Å². The molecular weight excluding hydrogens is 395 g/mol. The van der Waals surface area contributed by atoms with E-state index in [2.05, 4.69) is 10.0 Å². The minimum Gasteiger partial charge on any atom is -0.484 e. The fourth-order valence-corrected chi connectivity index (χ4v) is 3.62. The lowest BCUT2D eigenvalue weighted by Crippen LogP contribution is -2.20. The zero-order valence-corrected chi connectivity index (χ0v) is 16.4. The average Bonchev–Trinajstić information content (AvgIpc) is 2.70. The maximum absolute atomic E-state index is 12.8. The van der Waals surface area contributed by atoms with E-state index in [1.807, 2.05) is 19.1 Å². The molecule has 150 valence electrons. The van der Waals surface area contributed by atoms with Crippen LogP contribution in [0.2, 0.25) is 0 Å². The molecule has 29 heavy (non-hydrogen) atoms. The quantitative estimate of drug-likeness (QED) is 0.613. The Labute approximate surface area is 168 Å². The first-order chi connectivity index (χ1) is 13.8. The predicted octanol–water partition coefficient (Wildman–Crippen LogP) is 3.95. The van der Waals surface area contributed by atoms with Crippen molar-refractivity contribution in [2.24, 2.45) is 0 Å². The van der Waals surface area contributed by atoms with Crippen molar-refractivity contribution < 1.29 is 22.3 Å². The van der Waals surface area contributed by atoms with Gasteiger partial charge in [0.1, 0.15) is 11.6 Å². The molecule has 2 N–H and O–H groups in total. The van der Waals surface area contributed by atoms with Gasteiger partial charge in [-0.05, 0) is 67.1 Å². The number of nitrogens with one attached hydrogen (secondary N) is 2. The predicted molar refractivity (Wildman–Crippen MR) is 109 cm³/mol. The molecule has 0 aliphatic carbocycles. The summed E-state index contributed by atoms with van der Waals surface area (Å²) in [7, 11) is -3.75. The van der Waals surface area contributed by atoms with Crippen molar-refractivity contribution in [3.63, 3.8) is 0 Å². The number of rotatable bonds is 7. The number of benzene rings is 3. The van der Waals surface area contributed by atoms with Gasteiger partial charge in [0, 0.05) is 5.69 Å². The summed E-state index contributed by atoms with van der Waals surface area (Å²) in [5.41, 5.74) is 1.73. The highest BCUT2D eigenvalue weighted by atomic mass is 32.2. The second-order valence-corrected chi connectivity index (χ2v) is 7.92. The fraction of sp³-hybridized carbons (Fsp3) is 0.0952. The number of carbonyl (C=O) groups is 1. The number of aryl methyl sites for hydroxylation is 1. The molecule has 8 heteroatoms. The van der Waals surface area contributed by atoms with Crippen LogP contribution in [0.4, 0.5) is 15.8 Å². The summed E-state index contributed by atoms with van der Waals surface area (Å²) in [6, 6.07) is 18.1. The van der Waals surface area contributed by atoms with E-state index in [1.165, 1.54) is 48.5 Å². The summed E-state index contributed by atoms with van der Waals surface area (Å²) in [5.74, 6) is -0.456. The number of halogens is 1. The van der Waals surface area contributed by atoms with E-state index in [1.54, 1.807) is 12.1 Å². The molecule has 0 saturated carbocycles. The molecule has 0 bridgehead atoms. The fourth-order valence-electron chi connectivity index (χ4n) is 2.49. The summed E-state index contributed by atoms with van der Waals surface area (Å²) < 4.78 is 45.7. The molecule has 6 nitrogen and oxygen atoms in total. The molecule has 0 heterocycles. The summed E-state index contributed by atoms with van der Waals surface area (Å²) in [4.78, 5) is 12.0. The monoisotopic (exact) mass is 414 g/mol. The molecular formula is C21H19FN2O4S. The lowest BCUT2D eigenvalue weighted by atomic mass is 10.2. The van der Waals surface area contributed by atoms with Crippen molar-refractivity contribution in [1.82, 2.24) is 0 Å². The van der Waals surface area contributed by atoms with Crippen LogP contribution in [0.25, 0.3) is 0 Å². The van der Waals surface area contributed by atoms with Crippen LogP contribution in [0.15, 0.2) is 77.7 Å². The van der Waals surface area contributed by atoms with E-state index in [-0.39, 0.29) is 11.5 Å². The van der Waals surface area contributed by atoms with E-state index in [0.717, 1.165) is 5.56 Å². The number of para-hydroxylation sites is 1. The van der Waals surface area contributed by atoms with E-state index in [4.69, 9.17) is 4.74 Å². The first kappa shape index (κ1) is 20.3. The summed E-state index contributed by atoms with van der Waals surface area (Å²) in [5, 5.41) is 2.61. The van der Waals surface area contributed by atoms with Crippen LogP contribution in [0, 0.1) is 12.7 Å². The Bertz CT molecular complexity index is 1100. The van der Waals surface area contributed by atoms with Crippen molar-refractivity contribution >= 4 is 27.3 Å². The highest BCUT2D eigenvalue weighted by Gasteiger charge is 2.15. The highest BCUT2D eigenvalue weighted by molar-refractivity contribution is 7.92. The molecule has 0 aliphatic heterocycles. The molecule has 0 aliphatic rings. The van der Waals surface area contributed by atoms with Gasteiger partial charge in [-0.2, -0.15) is 0 Å². The van der Waals surface area contributed by atoms with Gasteiger partial charge in [-0.1, -0.05) is 18.2 Å². The second-order valence-electron chi connectivity index (χ2n) is 6.24. The number of hydrogen-bond acceptors (Lipinski definition) is 4. The van der Waals surface area contributed by atoms with Crippen molar-refractivity contribution in [1.29, 1.82) is 0 Å². The Morgan fingerprint density at radius 3 is 2.28 bits per heavy atom. The molecule has 0 unspecified atom stereocenters. The Kier molecular flexibility index (Phi) is 6.13. The average molecular weight is 414 g/mol. The van der Waals surface area contributed by atoms with Gasteiger partial charge >= 0.3 is 0 Å². The minimum absolute atomic E-state index is 0.0707. The molecule has 0 spiro atoms. The smallest absolute Gasteiger partial charge is 0.262 e. The van der Waals surface area contributed by atoms with E-state index >= 15 is 0 Å². The third-order valence-corrected chi connectivity index (χ3v) is 5.40. The Morgan fingerprint density at radius 2 is 1.62 bits per heavy atom. The number of amides is 1. The molecule has 3 aromatic carbocycles. The maximum Gasteiger partial charge on any atom is 0.262 e. The van der Waals surface area contributed by atoms with Gasteiger partial charge in [-0.25, -0.2) is 12.8 Å². The molecule has 0 radical (unpaired) electrons. The molecule has 0 fully saturated rings. The van der Waals surface area contributed by atoms with Crippen molar-refractivity contribution in [3.05, 3.63) is 84.2 Å². The molecule has 3 aromatic rings. The van der Waals surface area contributed by atoms with Gasteiger partial charge in [0.2, 0.25) is 0 Å². The first-order valence-corrected chi connectivity index (χ1v) is 10.2. The number of hydrogen-bond donors (Lipinski definition) is 2. The first-order valence-electron chi connectivity index (χ1n) is 8.70. The normalized spacial score (nSPS) is 11.0. The molecule has 0 saturated heterocycles. The Balaban J connectivity index is 1.59. The van der Waals surface area contributed by atoms with Crippen LogP contribution in [-0.4, -0.2) is 20.9 Å². The SMILES string of the molecule is Cc1ccccc1NS(=O)(=O)c1ccc(NC(=O)COc2ccc(F)cc2)cc1. The van der Waals surface area contributed by atoms with Crippen molar-refractivity contribution in [2.75, 3.05) is 16.6 Å². The number of ether oxygens (including phenoxy) is 1. The standard InChI is InChI=1S/C21H19FN2O4S/c1-15-4-2-3-5-20(15)24-29(26,27)19-12-8-17(9-13-19)23-21(25)14-28-18-10-6-16(22)7-11-18/h2-13,24H,14H2,1H3,(H,23,25). The number of carbonyl (C=O) groups excluding carboxylic acids is 1. The van der Waals surface area contributed by atoms with Crippen LogP contribution < -0.4 is 14.8 Å². The summed E-state index contributed by atoms with van der Waals surface area (Å²) >= 11 is 0. The molecule has 1 amide bonds. The second kappa shape index (κ2) is 8.74. The van der Waals surface area contributed by atoms with Crippen LogP contribution in [0.1, 0.15) is 5.56 Å². The van der Waals surface area contributed by atoms with Gasteiger partial charge in [-0.3, -0.25) is 9.52 Å². The van der Waals surface area contributed by atoms with Crippen LogP contribution in [0.5, 0.6) is 5.75 Å². The maximum atomic E-state index is 12.8. The lowest BCUT2D eigenvalue weighted by Gasteiger charge is -2.11. The number of anilines is 2. The Hall–Kier alpha value is -3.39. The van der Waals surface area contributed by atoms with Crippen LogP contribution in [-0.2, 0) is 14.8 Å². The van der Waals surface area contributed by atoms with E-state index in [9.17, 15) is 17.6 Å². The van der Waals surface area contributed by atoms with Gasteiger partial charge in [0.15, 0.2) is 6.61 Å². The number of sulfonamides is 1. The van der Waals surface area contributed by atoms with Gasteiger partial charge in [0.05, 0.1) is 10.6 Å². The van der Waals surface area contributed by atoms with Crippen molar-refractivity contribution in [2.45, 2.75) is 11.8 Å². The summed E-state index contributed by atoms with van der Waals surface area (Å²) in [6.07, 6.45) is 0. The lowest BCUT2D eigenvalue weighted by molar-refractivity contribution is -0.118. The summed E-state index contributed by atoms with van der Waals surface area (Å²) in [6.45, 7) is 1.55. The largest absolute Gasteiger partial charge is 0.484 e. The topological polar surface area (TPSA) is 84.5 Å². The van der Waals surface area contributed by atoms with Gasteiger partial charge in [0.25, 0.3) is 15.9 Å². The van der Waals surface area contributed by atoms with Crippen molar-refractivity contribution in [3.8, 4) is 5.75 Å². The van der Waals surface area contributed by atoms with E-state index < -0.39 is 21.7 Å². The van der Waals surface area contributed by atoms with Crippen LogP contribution in [0.3, 0.4) is 0 Å². The highest BCUT2D eigenvalue weighted by Crippen LogP contribution is 2.20. The van der Waals surface area contributed by atoms with Gasteiger partial charge < -0.3 is 10.1 Å². The minimum atomic E-state index is -3.75. The molecule has 3 rings (SSSR count). The van der Waals surface area contributed by atoms with Gasteiger partial charge in [-0.15, -0.1) is 0 Å². The third-order valence-electron chi connectivity index (χ3n) is 4.02. The molecule has 0 atom stereocenters. The van der Waals surface area contributed by atoms with Crippen LogP contribution >= 0.6 is 0 Å². The third kappa shape index (κ3) is 5.55. The zero-order valence-electron chi connectivity index (χ0n) is 15.6.